The Morgan fingerprint density at radius 3 is 2.79 bits per heavy atom. The second kappa shape index (κ2) is 2.37. The Labute approximate surface area is 88.6 Å². The van der Waals surface area contributed by atoms with Crippen LogP contribution in [0.3, 0.4) is 0 Å². The molecule has 1 heterocycles. The fourth-order valence-electron chi connectivity index (χ4n) is 2.10. The zero-order chi connectivity index (χ0) is 9.92. The van der Waals surface area contributed by atoms with Crippen LogP contribution in [0.4, 0.5) is 10.1 Å². The first-order valence-corrected chi connectivity index (χ1v) is 5.26. The van der Waals surface area contributed by atoms with Gasteiger partial charge in [0.25, 0.3) is 0 Å². The molecule has 0 amide bonds. The molecule has 0 aromatic heterocycles. The predicted octanol–water partition coefficient (Wildman–Crippen LogP) is 1.30. The molecule has 14 heavy (non-hydrogen) atoms. The number of aliphatic hydroxyl groups is 1. The van der Waals surface area contributed by atoms with E-state index in [2.05, 4.69) is 20.9 Å². The van der Waals surface area contributed by atoms with E-state index in [4.69, 9.17) is 0 Å². The maximum atomic E-state index is 13.8. The molecule has 0 atom stereocenters. The Kier molecular flexibility index (Phi) is 1.42. The van der Waals surface area contributed by atoms with Gasteiger partial charge >= 0.3 is 5.90 Å². The highest BCUT2D eigenvalue weighted by Crippen LogP contribution is 2.53. The Morgan fingerprint density at radius 2 is 2.14 bits per heavy atom. The minimum Gasteiger partial charge on any atom is -0.463 e. The summed E-state index contributed by atoms with van der Waals surface area (Å²) < 4.78 is 14.3. The monoisotopic (exact) mass is 256 g/mol. The van der Waals surface area contributed by atoms with Crippen molar-refractivity contribution in [3.8, 4) is 0 Å². The van der Waals surface area contributed by atoms with Crippen molar-refractivity contribution in [1.29, 1.82) is 0 Å². The van der Waals surface area contributed by atoms with Gasteiger partial charge in [-0.25, -0.2) is 4.39 Å². The van der Waals surface area contributed by atoms with E-state index in [1.807, 2.05) is 0 Å². The van der Waals surface area contributed by atoms with Crippen LogP contribution in [0.2, 0.25) is 0 Å². The lowest BCUT2D eigenvalue weighted by atomic mass is 9.96. The predicted molar refractivity (Wildman–Crippen MR) is 53.3 cm³/mol. The molecular weight excluding hydrogens is 249 g/mol. The van der Waals surface area contributed by atoms with Gasteiger partial charge in [-0.15, -0.1) is 0 Å². The van der Waals surface area contributed by atoms with E-state index < -0.39 is 5.41 Å². The third-order valence-electron chi connectivity index (χ3n) is 3.03. The van der Waals surface area contributed by atoms with Gasteiger partial charge in [0.1, 0.15) is 11.2 Å². The molecule has 0 radical (unpaired) electrons. The topological polar surface area (TPSA) is 34.2 Å². The molecule has 1 saturated carbocycles. The van der Waals surface area contributed by atoms with Gasteiger partial charge in [0.15, 0.2) is 0 Å². The summed E-state index contributed by atoms with van der Waals surface area (Å²) in [6.07, 6.45) is 1.65. The second-order valence-corrected chi connectivity index (χ2v) is 4.69. The van der Waals surface area contributed by atoms with Gasteiger partial charge in [0.2, 0.25) is 5.69 Å². The molecule has 1 aliphatic carbocycles. The number of hydrogen-bond acceptors (Lipinski definition) is 0. The maximum absolute atomic E-state index is 13.8. The van der Waals surface area contributed by atoms with E-state index in [1.165, 1.54) is 0 Å². The summed E-state index contributed by atoms with van der Waals surface area (Å²) in [6.45, 7) is 0. The molecule has 2 aliphatic rings. The first kappa shape index (κ1) is 8.41. The third kappa shape index (κ3) is 0.823. The molecule has 1 aromatic carbocycles. The number of rotatable bonds is 0. The molecule has 1 spiro atoms. The van der Waals surface area contributed by atoms with Crippen molar-refractivity contribution in [3.63, 3.8) is 0 Å². The molecule has 0 unspecified atom stereocenters. The lowest BCUT2D eigenvalue weighted by Crippen LogP contribution is -2.65. The first-order chi connectivity index (χ1) is 6.65. The van der Waals surface area contributed by atoms with Gasteiger partial charge in [0.05, 0.1) is 10.0 Å². The van der Waals surface area contributed by atoms with Crippen LogP contribution in [-0.2, 0) is 5.41 Å². The molecule has 1 fully saturated rings. The average molecular weight is 257 g/mol. The molecule has 1 aromatic rings. The van der Waals surface area contributed by atoms with Crippen LogP contribution in [0.15, 0.2) is 16.6 Å². The fourth-order valence-corrected chi connectivity index (χ4v) is 2.43. The van der Waals surface area contributed by atoms with Crippen molar-refractivity contribution in [3.05, 3.63) is 28.0 Å². The third-order valence-corrected chi connectivity index (χ3v) is 3.64. The highest BCUT2D eigenvalue weighted by atomic mass is 79.9. The van der Waals surface area contributed by atoms with Crippen molar-refractivity contribution in [2.75, 3.05) is 0 Å². The standard InChI is InChI=1S/C10H7BrFNO/c11-5-1-2-6-7(8(5)12)10(3-4-10)9(14)13-6/h1-2H,3-4H2,(H,13,14)/p+1. The highest BCUT2D eigenvalue weighted by molar-refractivity contribution is 9.10. The van der Waals surface area contributed by atoms with Crippen LogP contribution in [0, 0.1) is 5.82 Å². The summed E-state index contributed by atoms with van der Waals surface area (Å²) in [5, 5.41) is 9.68. The molecule has 1 aliphatic heterocycles. The summed E-state index contributed by atoms with van der Waals surface area (Å²) in [7, 11) is 0. The molecule has 0 saturated heterocycles. The number of benzene rings is 1. The van der Waals surface area contributed by atoms with Crippen LogP contribution in [-0.4, -0.2) is 11.0 Å². The van der Waals surface area contributed by atoms with Crippen LogP contribution < -0.4 is 4.99 Å². The van der Waals surface area contributed by atoms with Crippen LogP contribution in [0.1, 0.15) is 18.4 Å². The molecule has 2 N–H and O–H groups in total. The molecule has 4 heteroatoms. The number of nitrogens with one attached hydrogen (secondary N) is 1. The van der Waals surface area contributed by atoms with Crippen LogP contribution in [0.25, 0.3) is 0 Å². The largest absolute Gasteiger partial charge is 0.463 e. The Bertz CT molecular complexity index is 465. The van der Waals surface area contributed by atoms with Crippen molar-refractivity contribution in [2.45, 2.75) is 18.3 Å². The normalized spacial score (nSPS) is 20.9. The maximum Gasteiger partial charge on any atom is 0.349 e. The van der Waals surface area contributed by atoms with Gasteiger partial charge in [-0.1, -0.05) is 0 Å². The Morgan fingerprint density at radius 1 is 1.43 bits per heavy atom. The quantitative estimate of drug-likeness (QED) is 0.721. The van der Waals surface area contributed by atoms with Gasteiger partial charge in [-0.3, -0.25) is 0 Å². The number of fused-ring (bicyclic) bond motifs is 2. The van der Waals surface area contributed by atoms with Crippen molar-refractivity contribution in [1.82, 2.24) is 0 Å². The number of halogens is 2. The summed E-state index contributed by atoms with van der Waals surface area (Å²) in [5.74, 6) is -0.0546. The zero-order valence-corrected chi connectivity index (χ0v) is 8.86. The summed E-state index contributed by atoms with van der Waals surface area (Å²) in [4.78, 5) is 2.83. The van der Waals surface area contributed by atoms with Gasteiger partial charge < -0.3 is 5.11 Å². The molecule has 3 rings (SSSR count). The summed E-state index contributed by atoms with van der Waals surface area (Å²) in [6, 6.07) is 3.43. The van der Waals surface area contributed by atoms with Crippen LogP contribution in [0.5, 0.6) is 0 Å². The van der Waals surface area contributed by atoms with E-state index in [-0.39, 0.29) is 11.7 Å². The smallest absolute Gasteiger partial charge is 0.349 e. The average Bonchev–Trinajstić information content (AvgIpc) is 2.87. The van der Waals surface area contributed by atoms with E-state index in [0.29, 0.717) is 15.7 Å². The number of hydrogen-bond donors (Lipinski definition) is 2. The zero-order valence-electron chi connectivity index (χ0n) is 7.27. The SMILES string of the molecule is OC1=[NH+]c2ccc(Br)c(F)c2C12CC2. The van der Waals surface area contributed by atoms with E-state index in [1.54, 1.807) is 12.1 Å². The molecule has 72 valence electrons. The van der Waals surface area contributed by atoms with Crippen molar-refractivity contribution < 1.29 is 14.5 Å². The highest BCUT2D eigenvalue weighted by Gasteiger charge is 2.61. The Balaban J connectivity index is 2.31. The molecular formula is C10H8BrFNO+. The lowest BCUT2D eigenvalue weighted by molar-refractivity contribution is -0.362. The van der Waals surface area contributed by atoms with E-state index >= 15 is 0 Å². The second-order valence-electron chi connectivity index (χ2n) is 3.84. The van der Waals surface area contributed by atoms with Gasteiger partial charge in [0, 0.05) is 6.07 Å². The van der Waals surface area contributed by atoms with Crippen LogP contribution >= 0.6 is 15.9 Å². The minimum atomic E-state index is -0.427. The summed E-state index contributed by atoms with van der Waals surface area (Å²) in [5.41, 5.74) is 0.883. The first-order valence-electron chi connectivity index (χ1n) is 4.47. The van der Waals surface area contributed by atoms with E-state index in [9.17, 15) is 9.50 Å². The molecule has 2 nitrogen and oxygen atoms in total. The van der Waals surface area contributed by atoms with Gasteiger partial charge in [-0.05, 0) is 34.8 Å². The van der Waals surface area contributed by atoms with Crippen molar-refractivity contribution >= 4 is 27.5 Å². The lowest BCUT2D eigenvalue weighted by Gasteiger charge is -2.04. The minimum absolute atomic E-state index is 0.199. The number of aliphatic hydroxyl groups excluding tert-OH is 1. The molecule has 0 bridgehead atoms. The fraction of sp³-hybridized carbons (Fsp3) is 0.300. The van der Waals surface area contributed by atoms with E-state index in [0.717, 1.165) is 12.8 Å². The summed E-state index contributed by atoms with van der Waals surface area (Å²) >= 11 is 3.15. The van der Waals surface area contributed by atoms with Crippen molar-refractivity contribution in [2.24, 2.45) is 0 Å². The Hall–Kier alpha value is -0.900. The van der Waals surface area contributed by atoms with Gasteiger partial charge in [-0.2, -0.15) is 4.99 Å².